The van der Waals surface area contributed by atoms with Crippen molar-refractivity contribution in [1.82, 2.24) is 5.32 Å². The van der Waals surface area contributed by atoms with E-state index in [9.17, 15) is 14.0 Å². The summed E-state index contributed by atoms with van der Waals surface area (Å²) in [6.45, 7) is -0.160. The summed E-state index contributed by atoms with van der Waals surface area (Å²) in [4.78, 5) is 23.6. The number of rotatable bonds is 4. The third kappa shape index (κ3) is 2.81. The zero-order valence-electron chi connectivity index (χ0n) is 11.4. The van der Waals surface area contributed by atoms with Crippen LogP contribution in [0.5, 0.6) is 0 Å². The molecule has 1 N–H and O–H groups in total. The van der Waals surface area contributed by atoms with Crippen LogP contribution in [-0.4, -0.2) is 25.5 Å². The van der Waals surface area contributed by atoms with Gasteiger partial charge in [0.15, 0.2) is 0 Å². The van der Waals surface area contributed by atoms with Crippen molar-refractivity contribution in [2.45, 2.75) is 31.1 Å². The normalized spacial score (nSPS) is 16.7. The van der Waals surface area contributed by atoms with Crippen LogP contribution in [0.15, 0.2) is 24.3 Å². The zero-order valence-corrected chi connectivity index (χ0v) is 11.4. The van der Waals surface area contributed by atoms with Crippen LogP contribution < -0.4 is 5.32 Å². The molecule has 5 heteroatoms. The Hall–Kier alpha value is -1.91. The molecule has 20 heavy (non-hydrogen) atoms. The average molecular weight is 279 g/mol. The fraction of sp³-hybridized carbons (Fsp3) is 0.467. The van der Waals surface area contributed by atoms with Crippen LogP contribution in [0, 0.1) is 5.82 Å². The Balaban J connectivity index is 2.21. The molecule has 0 aliphatic heterocycles. The summed E-state index contributed by atoms with van der Waals surface area (Å²) in [5.74, 6) is -1.08. The fourth-order valence-corrected chi connectivity index (χ4v) is 2.81. The quantitative estimate of drug-likeness (QED) is 0.857. The van der Waals surface area contributed by atoms with Gasteiger partial charge in [0.2, 0.25) is 5.91 Å². The summed E-state index contributed by atoms with van der Waals surface area (Å²) in [6.07, 6.45) is 3.18. The van der Waals surface area contributed by atoms with Crippen LogP contribution in [0.25, 0.3) is 0 Å². The van der Waals surface area contributed by atoms with Crippen molar-refractivity contribution in [3.8, 4) is 0 Å². The topological polar surface area (TPSA) is 55.4 Å². The first kappa shape index (κ1) is 14.5. The van der Waals surface area contributed by atoms with Gasteiger partial charge >= 0.3 is 5.97 Å². The van der Waals surface area contributed by atoms with Gasteiger partial charge in [-0.3, -0.25) is 9.59 Å². The maximum absolute atomic E-state index is 13.4. The highest BCUT2D eigenvalue weighted by molar-refractivity contribution is 5.90. The second-order valence-corrected chi connectivity index (χ2v) is 5.06. The van der Waals surface area contributed by atoms with Crippen LogP contribution >= 0.6 is 0 Å². The number of ether oxygens (including phenoxy) is 1. The molecule has 1 aliphatic carbocycles. The van der Waals surface area contributed by atoms with E-state index in [1.54, 1.807) is 12.1 Å². The molecule has 1 fully saturated rings. The highest BCUT2D eigenvalue weighted by atomic mass is 19.1. The van der Waals surface area contributed by atoms with Crippen LogP contribution in [0.4, 0.5) is 4.39 Å². The van der Waals surface area contributed by atoms with E-state index in [0.717, 1.165) is 12.8 Å². The van der Waals surface area contributed by atoms with Crippen molar-refractivity contribution in [3.05, 3.63) is 35.6 Å². The van der Waals surface area contributed by atoms with Crippen molar-refractivity contribution in [2.75, 3.05) is 13.7 Å². The lowest BCUT2D eigenvalue weighted by atomic mass is 9.78. The second kappa shape index (κ2) is 6.03. The number of esters is 1. The van der Waals surface area contributed by atoms with E-state index >= 15 is 0 Å². The van der Waals surface area contributed by atoms with Gasteiger partial charge in [-0.05, 0) is 30.5 Å². The number of methoxy groups -OCH3 is 1. The summed E-state index contributed by atoms with van der Waals surface area (Å²) in [5.41, 5.74) is -0.0480. The third-order valence-electron chi connectivity index (χ3n) is 3.89. The molecule has 0 heterocycles. The maximum atomic E-state index is 13.4. The fourth-order valence-electron chi connectivity index (χ4n) is 2.81. The molecule has 0 unspecified atom stereocenters. The van der Waals surface area contributed by atoms with Gasteiger partial charge in [0.05, 0.1) is 12.5 Å². The summed E-state index contributed by atoms with van der Waals surface area (Å²) >= 11 is 0. The molecular formula is C15H18FNO3. The van der Waals surface area contributed by atoms with E-state index < -0.39 is 11.4 Å². The molecule has 0 radical (unpaired) electrons. The number of benzene rings is 1. The summed E-state index contributed by atoms with van der Waals surface area (Å²) in [5, 5.41) is 2.60. The molecule has 0 aromatic heterocycles. The van der Waals surface area contributed by atoms with E-state index in [0.29, 0.717) is 18.4 Å². The van der Waals surface area contributed by atoms with Crippen LogP contribution in [-0.2, 0) is 19.7 Å². The Labute approximate surface area is 117 Å². The van der Waals surface area contributed by atoms with E-state index in [4.69, 9.17) is 0 Å². The van der Waals surface area contributed by atoms with Gasteiger partial charge in [0, 0.05) is 0 Å². The Morgan fingerprint density at radius 2 is 2.05 bits per heavy atom. The Kier molecular flexibility index (Phi) is 4.37. The molecule has 0 bridgehead atoms. The van der Waals surface area contributed by atoms with Crippen LogP contribution in [0.2, 0.25) is 0 Å². The third-order valence-corrected chi connectivity index (χ3v) is 3.89. The van der Waals surface area contributed by atoms with Gasteiger partial charge in [0.1, 0.15) is 12.4 Å². The second-order valence-electron chi connectivity index (χ2n) is 5.06. The molecule has 0 atom stereocenters. The van der Waals surface area contributed by atoms with Gasteiger partial charge in [-0.1, -0.05) is 25.0 Å². The van der Waals surface area contributed by atoms with Gasteiger partial charge in [-0.2, -0.15) is 0 Å². The molecule has 108 valence electrons. The standard InChI is InChI=1S/C15H18FNO3/c1-20-13(18)10-17-14(19)15(7-2-3-8-15)11-5-4-6-12(16)9-11/h4-6,9H,2-3,7-8,10H2,1H3,(H,17,19). The summed E-state index contributed by atoms with van der Waals surface area (Å²) < 4.78 is 17.9. The molecule has 1 saturated carbocycles. The lowest BCUT2D eigenvalue weighted by Gasteiger charge is -2.28. The number of halogens is 1. The zero-order chi connectivity index (χ0) is 14.6. The molecule has 0 saturated heterocycles. The van der Waals surface area contributed by atoms with E-state index in [1.165, 1.54) is 19.2 Å². The molecule has 1 aliphatic rings. The maximum Gasteiger partial charge on any atom is 0.325 e. The minimum absolute atomic E-state index is 0.160. The molecule has 1 aromatic rings. The number of amides is 1. The highest BCUT2D eigenvalue weighted by Gasteiger charge is 2.42. The molecule has 4 nitrogen and oxygen atoms in total. The van der Waals surface area contributed by atoms with Gasteiger partial charge in [0.25, 0.3) is 0 Å². The van der Waals surface area contributed by atoms with Crippen molar-refractivity contribution in [1.29, 1.82) is 0 Å². The smallest absolute Gasteiger partial charge is 0.325 e. The Bertz CT molecular complexity index is 510. The van der Waals surface area contributed by atoms with Crippen molar-refractivity contribution in [2.24, 2.45) is 0 Å². The lowest BCUT2D eigenvalue weighted by Crippen LogP contribution is -2.44. The minimum atomic E-state index is -0.726. The number of nitrogens with one attached hydrogen (secondary N) is 1. The number of hydrogen-bond acceptors (Lipinski definition) is 3. The molecular weight excluding hydrogens is 261 g/mol. The predicted molar refractivity (Wildman–Crippen MR) is 71.6 cm³/mol. The van der Waals surface area contributed by atoms with Crippen molar-refractivity contribution >= 4 is 11.9 Å². The molecule has 0 spiro atoms. The Morgan fingerprint density at radius 1 is 1.35 bits per heavy atom. The molecule has 1 amide bonds. The number of carbonyl (C=O) groups excluding carboxylic acids is 2. The van der Waals surface area contributed by atoms with E-state index in [1.807, 2.05) is 0 Å². The van der Waals surface area contributed by atoms with Crippen molar-refractivity contribution in [3.63, 3.8) is 0 Å². The predicted octanol–water partition coefficient (Wildman–Crippen LogP) is 1.93. The number of hydrogen-bond donors (Lipinski definition) is 1. The first-order valence-corrected chi connectivity index (χ1v) is 6.70. The molecule has 2 rings (SSSR count). The van der Waals surface area contributed by atoms with E-state index in [-0.39, 0.29) is 18.3 Å². The van der Waals surface area contributed by atoms with Crippen molar-refractivity contribution < 1.29 is 18.7 Å². The summed E-state index contributed by atoms with van der Waals surface area (Å²) in [7, 11) is 1.27. The molecule has 1 aromatic carbocycles. The lowest BCUT2D eigenvalue weighted by molar-refractivity contribution is -0.141. The van der Waals surface area contributed by atoms with E-state index in [2.05, 4.69) is 10.1 Å². The largest absolute Gasteiger partial charge is 0.468 e. The van der Waals surface area contributed by atoms with Crippen LogP contribution in [0.1, 0.15) is 31.2 Å². The SMILES string of the molecule is COC(=O)CNC(=O)C1(c2cccc(F)c2)CCCC1. The first-order chi connectivity index (χ1) is 9.58. The number of carbonyl (C=O) groups is 2. The average Bonchev–Trinajstić information content (AvgIpc) is 2.95. The Morgan fingerprint density at radius 3 is 2.65 bits per heavy atom. The minimum Gasteiger partial charge on any atom is -0.468 e. The summed E-state index contributed by atoms with van der Waals surface area (Å²) in [6, 6.07) is 6.14. The monoisotopic (exact) mass is 279 g/mol. The highest BCUT2D eigenvalue weighted by Crippen LogP contribution is 2.41. The van der Waals surface area contributed by atoms with Gasteiger partial charge in [-0.15, -0.1) is 0 Å². The first-order valence-electron chi connectivity index (χ1n) is 6.70. The van der Waals surface area contributed by atoms with Crippen LogP contribution in [0.3, 0.4) is 0 Å². The van der Waals surface area contributed by atoms with Gasteiger partial charge in [-0.25, -0.2) is 4.39 Å². The van der Waals surface area contributed by atoms with Gasteiger partial charge < -0.3 is 10.1 Å².